The molecule has 1 amide bonds. The van der Waals surface area contributed by atoms with Gasteiger partial charge >= 0.3 is 0 Å². The molecule has 8 heteroatoms. The summed E-state index contributed by atoms with van der Waals surface area (Å²) >= 11 is 0. The average molecular weight is 475 g/mol. The number of rotatable bonds is 8. The van der Waals surface area contributed by atoms with Crippen molar-refractivity contribution in [3.63, 3.8) is 0 Å². The predicted octanol–water partition coefficient (Wildman–Crippen LogP) is 4.12. The molecule has 1 aliphatic rings. The number of aliphatic hydroxyl groups excluding tert-OH is 1. The summed E-state index contributed by atoms with van der Waals surface area (Å²) in [6.45, 7) is 2.45. The first-order chi connectivity index (χ1) is 17.0. The predicted molar refractivity (Wildman–Crippen MR) is 129 cm³/mol. The molecule has 0 bridgehead atoms. The van der Waals surface area contributed by atoms with Gasteiger partial charge in [0.15, 0.2) is 11.5 Å². The van der Waals surface area contributed by atoms with Crippen LogP contribution in [0.4, 0.5) is 0 Å². The highest BCUT2D eigenvalue weighted by molar-refractivity contribution is 6.46. The fraction of sp³-hybridized carbons (Fsp3) is 0.222. The maximum atomic E-state index is 13.2. The van der Waals surface area contributed by atoms with Gasteiger partial charge in [-0.2, -0.15) is 0 Å². The van der Waals surface area contributed by atoms with Crippen molar-refractivity contribution in [3.05, 3.63) is 89.3 Å². The zero-order chi connectivity index (χ0) is 24.9. The standard InChI is InChI=1S/C27H26N2O6/c1-4-35-21-12-9-19(14-22(21)34-3)24-23(25(30)18-7-10-20(33-2)11-8-18)26(31)27(32)29(24)16-17-6-5-13-28-15-17/h5-15,24,30H,4,16H2,1-3H3/t24-/m0/s1. The van der Waals surface area contributed by atoms with Crippen molar-refractivity contribution in [1.29, 1.82) is 0 Å². The molecule has 0 saturated carbocycles. The summed E-state index contributed by atoms with van der Waals surface area (Å²) in [5.74, 6) is -0.135. The second-order valence-electron chi connectivity index (χ2n) is 7.86. The number of Topliss-reactive ketones (excluding diaryl/α,β-unsaturated/α-hetero) is 1. The first-order valence-electron chi connectivity index (χ1n) is 11.1. The highest BCUT2D eigenvalue weighted by atomic mass is 16.5. The van der Waals surface area contributed by atoms with E-state index in [9.17, 15) is 14.7 Å². The van der Waals surface area contributed by atoms with E-state index in [2.05, 4.69) is 4.98 Å². The number of aromatic nitrogens is 1. The molecule has 35 heavy (non-hydrogen) atoms. The molecule has 180 valence electrons. The second-order valence-corrected chi connectivity index (χ2v) is 7.86. The largest absolute Gasteiger partial charge is 0.507 e. The third-order valence-electron chi connectivity index (χ3n) is 5.78. The number of carbonyl (C=O) groups is 2. The molecule has 0 unspecified atom stereocenters. The number of amides is 1. The Hall–Kier alpha value is -4.33. The highest BCUT2D eigenvalue weighted by Crippen LogP contribution is 2.42. The second kappa shape index (κ2) is 10.3. The van der Waals surface area contributed by atoms with Gasteiger partial charge in [0.1, 0.15) is 11.5 Å². The van der Waals surface area contributed by atoms with Crippen LogP contribution in [0.25, 0.3) is 5.76 Å². The number of ether oxygens (including phenoxy) is 3. The van der Waals surface area contributed by atoms with Gasteiger partial charge < -0.3 is 24.2 Å². The fourth-order valence-corrected chi connectivity index (χ4v) is 4.11. The van der Waals surface area contributed by atoms with Crippen LogP contribution in [0.1, 0.15) is 29.7 Å². The molecule has 1 aliphatic heterocycles. The quantitative estimate of drug-likeness (QED) is 0.298. The lowest BCUT2D eigenvalue weighted by Crippen LogP contribution is -2.29. The molecule has 0 spiro atoms. The monoisotopic (exact) mass is 474 g/mol. The smallest absolute Gasteiger partial charge is 0.295 e. The molecule has 1 N–H and O–H groups in total. The van der Waals surface area contributed by atoms with Gasteiger partial charge in [-0.05, 0) is 60.5 Å². The third kappa shape index (κ3) is 4.68. The summed E-state index contributed by atoms with van der Waals surface area (Å²) in [5, 5.41) is 11.2. The Labute approximate surface area is 203 Å². The number of benzene rings is 2. The van der Waals surface area contributed by atoms with E-state index < -0.39 is 17.7 Å². The Balaban J connectivity index is 1.86. The van der Waals surface area contributed by atoms with Crippen LogP contribution in [-0.4, -0.2) is 47.5 Å². The molecule has 1 aromatic heterocycles. The Morgan fingerprint density at radius 2 is 1.80 bits per heavy atom. The number of methoxy groups -OCH3 is 2. The summed E-state index contributed by atoms with van der Waals surface area (Å²) in [6.07, 6.45) is 3.27. The van der Waals surface area contributed by atoms with Crippen LogP contribution in [0, 0.1) is 0 Å². The number of hydrogen-bond acceptors (Lipinski definition) is 7. The maximum absolute atomic E-state index is 13.2. The number of aliphatic hydroxyl groups is 1. The Bertz CT molecular complexity index is 1250. The summed E-state index contributed by atoms with van der Waals surface area (Å²) in [5.41, 5.74) is 1.74. The molecule has 1 atom stereocenters. The van der Waals surface area contributed by atoms with Gasteiger partial charge in [0.2, 0.25) is 0 Å². The van der Waals surface area contributed by atoms with Crippen LogP contribution >= 0.6 is 0 Å². The molecule has 3 aromatic rings. The van der Waals surface area contributed by atoms with Gasteiger partial charge in [0.05, 0.1) is 32.4 Å². The minimum atomic E-state index is -0.845. The maximum Gasteiger partial charge on any atom is 0.295 e. The van der Waals surface area contributed by atoms with Crippen molar-refractivity contribution in [1.82, 2.24) is 9.88 Å². The van der Waals surface area contributed by atoms with E-state index in [0.717, 1.165) is 5.56 Å². The number of hydrogen-bond donors (Lipinski definition) is 1. The van der Waals surface area contributed by atoms with Gasteiger partial charge in [0.25, 0.3) is 11.7 Å². The first-order valence-corrected chi connectivity index (χ1v) is 11.1. The van der Waals surface area contributed by atoms with E-state index in [1.54, 1.807) is 60.9 Å². The van der Waals surface area contributed by atoms with E-state index in [-0.39, 0.29) is 17.9 Å². The van der Waals surface area contributed by atoms with Gasteiger partial charge in [-0.25, -0.2) is 0 Å². The topological polar surface area (TPSA) is 98.2 Å². The number of pyridine rings is 1. The van der Waals surface area contributed by atoms with Crippen molar-refractivity contribution >= 4 is 17.4 Å². The number of ketones is 1. The normalized spacial score (nSPS) is 16.9. The van der Waals surface area contributed by atoms with Crippen LogP contribution in [0.15, 0.2) is 72.6 Å². The van der Waals surface area contributed by atoms with Crippen LogP contribution in [0.5, 0.6) is 17.2 Å². The van der Waals surface area contributed by atoms with Gasteiger partial charge in [-0.15, -0.1) is 0 Å². The molecule has 8 nitrogen and oxygen atoms in total. The summed E-state index contributed by atoms with van der Waals surface area (Å²) < 4.78 is 16.3. The van der Waals surface area contributed by atoms with Crippen molar-refractivity contribution in [2.24, 2.45) is 0 Å². The zero-order valence-electron chi connectivity index (χ0n) is 19.7. The molecule has 1 saturated heterocycles. The minimum absolute atomic E-state index is 0.00438. The van der Waals surface area contributed by atoms with E-state index >= 15 is 0 Å². The van der Waals surface area contributed by atoms with E-state index in [1.165, 1.54) is 19.1 Å². The molecule has 2 heterocycles. The molecule has 2 aromatic carbocycles. The molecule has 0 aliphatic carbocycles. The number of carbonyl (C=O) groups excluding carboxylic acids is 2. The Kier molecular flexibility index (Phi) is 7.01. The van der Waals surface area contributed by atoms with Crippen LogP contribution in [0.3, 0.4) is 0 Å². The van der Waals surface area contributed by atoms with E-state index in [4.69, 9.17) is 14.2 Å². The molecule has 1 fully saturated rings. The lowest BCUT2D eigenvalue weighted by Gasteiger charge is -2.26. The summed E-state index contributed by atoms with van der Waals surface area (Å²) in [6, 6.07) is 14.6. The van der Waals surface area contributed by atoms with Crippen LogP contribution in [-0.2, 0) is 16.1 Å². The zero-order valence-corrected chi connectivity index (χ0v) is 19.7. The van der Waals surface area contributed by atoms with Crippen molar-refractivity contribution < 1.29 is 28.9 Å². The lowest BCUT2D eigenvalue weighted by molar-refractivity contribution is -0.140. The SMILES string of the molecule is CCOc1ccc([C@H]2C(=C(O)c3ccc(OC)cc3)C(=O)C(=O)N2Cc2cccnc2)cc1OC. The molecular formula is C27H26N2O6. The lowest BCUT2D eigenvalue weighted by atomic mass is 9.94. The van der Waals surface area contributed by atoms with Gasteiger partial charge in [-0.3, -0.25) is 14.6 Å². The summed E-state index contributed by atoms with van der Waals surface area (Å²) in [7, 11) is 3.06. The van der Waals surface area contributed by atoms with Gasteiger partial charge in [0, 0.05) is 24.5 Å². The van der Waals surface area contributed by atoms with Crippen molar-refractivity contribution in [2.75, 3.05) is 20.8 Å². The Morgan fingerprint density at radius 1 is 1.03 bits per heavy atom. The van der Waals surface area contributed by atoms with Crippen molar-refractivity contribution in [2.45, 2.75) is 19.5 Å². The van der Waals surface area contributed by atoms with Crippen molar-refractivity contribution in [3.8, 4) is 17.2 Å². The molecule has 0 radical (unpaired) electrons. The average Bonchev–Trinajstić information content (AvgIpc) is 3.14. The van der Waals surface area contributed by atoms with Crippen LogP contribution in [0.2, 0.25) is 0 Å². The van der Waals surface area contributed by atoms with Gasteiger partial charge in [-0.1, -0.05) is 12.1 Å². The molecular weight excluding hydrogens is 448 g/mol. The van der Waals surface area contributed by atoms with E-state index in [1.807, 2.05) is 13.0 Å². The third-order valence-corrected chi connectivity index (χ3v) is 5.78. The number of likely N-dealkylation sites (tertiary alicyclic amines) is 1. The van der Waals surface area contributed by atoms with E-state index in [0.29, 0.717) is 35.0 Å². The minimum Gasteiger partial charge on any atom is -0.507 e. The summed E-state index contributed by atoms with van der Waals surface area (Å²) in [4.78, 5) is 32.0. The fourth-order valence-electron chi connectivity index (χ4n) is 4.11. The number of nitrogens with zero attached hydrogens (tertiary/aromatic N) is 2. The highest BCUT2D eigenvalue weighted by Gasteiger charge is 2.46. The first kappa shape index (κ1) is 23.8. The molecule has 4 rings (SSSR count). The Morgan fingerprint density at radius 3 is 2.43 bits per heavy atom. The van der Waals surface area contributed by atoms with Crippen LogP contribution < -0.4 is 14.2 Å².